The fourth-order valence-electron chi connectivity index (χ4n) is 4.03. The Hall–Kier alpha value is -2.44. The predicted octanol–water partition coefficient (Wildman–Crippen LogP) is 7.98. The lowest BCUT2D eigenvalue weighted by molar-refractivity contribution is 0.317. The number of benzene rings is 2. The number of hydrogen-bond donors (Lipinski definition) is 4. The van der Waals surface area contributed by atoms with Gasteiger partial charge in [0.15, 0.2) is 0 Å². The molecule has 0 atom stereocenters. The highest BCUT2D eigenvalue weighted by atomic mass is 35.5. The molecule has 8 heteroatoms. The van der Waals surface area contributed by atoms with Gasteiger partial charge in [0.2, 0.25) is 0 Å². The van der Waals surface area contributed by atoms with Crippen LogP contribution in [-0.2, 0) is 0 Å². The van der Waals surface area contributed by atoms with Gasteiger partial charge in [-0.15, -0.1) is 0 Å². The quantitative estimate of drug-likeness (QED) is 0.0951. The first-order chi connectivity index (χ1) is 16.3. The van der Waals surface area contributed by atoms with Crippen LogP contribution in [0.15, 0.2) is 34.6 Å². The molecule has 0 bridgehead atoms. The van der Waals surface area contributed by atoms with Crippen molar-refractivity contribution in [2.45, 2.75) is 78.1 Å². The summed E-state index contributed by atoms with van der Waals surface area (Å²) in [5.74, 6) is 0.208. The molecule has 0 unspecified atom stereocenters. The van der Waals surface area contributed by atoms with E-state index in [0.717, 1.165) is 51.4 Å². The molecule has 0 amide bonds. The van der Waals surface area contributed by atoms with Crippen LogP contribution in [0.25, 0.3) is 0 Å². The first kappa shape index (κ1) is 27.8. The van der Waals surface area contributed by atoms with E-state index in [2.05, 4.69) is 10.3 Å². The van der Waals surface area contributed by atoms with Crippen LogP contribution in [0.1, 0.15) is 86.5 Å². The van der Waals surface area contributed by atoms with Crippen LogP contribution < -0.4 is 0 Å². The number of nitrogens with zero attached hydrogens (tertiary/aromatic N) is 2. The fraction of sp³-hybridized carbons (Fsp3) is 0.462. The Morgan fingerprint density at radius 3 is 1.26 bits per heavy atom. The summed E-state index contributed by atoms with van der Waals surface area (Å²) in [6, 6.07) is 6.60. The average molecular weight is 509 g/mol. The van der Waals surface area contributed by atoms with Gasteiger partial charge >= 0.3 is 0 Å². The van der Waals surface area contributed by atoms with Gasteiger partial charge in [-0.05, 0) is 74.9 Å². The van der Waals surface area contributed by atoms with Crippen LogP contribution in [-0.4, -0.2) is 32.1 Å². The second kappa shape index (κ2) is 14.1. The molecule has 186 valence electrons. The second-order valence-electron chi connectivity index (χ2n) is 8.66. The van der Waals surface area contributed by atoms with Crippen molar-refractivity contribution in [2.24, 2.45) is 10.3 Å². The highest BCUT2D eigenvalue weighted by Crippen LogP contribution is 2.29. The minimum atomic E-state index is 0.104. The Kier molecular flexibility index (Phi) is 11.5. The Labute approximate surface area is 211 Å². The summed E-state index contributed by atoms with van der Waals surface area (Å²) in [6.45, 7) is 3.53. The van der Waals surface area contributed by atoms with E-state index >= 15 is 0 Å². The summed E-state index contributed by atoms with van der Waals surface area (Å²) >= 11 is 12.1. The van der Waals surface area contributed by atoms with Crippen molar-refractivity contribution in [2.75, 3.05) is 0 Å². The number of hydrogen-bond acceptors (Lipinski definition) is 6. The molecule has 0 spiro atoms. The zero-order chi connectivity index (χ0) is 25.1. The number of aryl methyl sites for hydroxylation is 2. The SMILES string of the molecule is Cc1cc(Cl)cc(/C(CCCCCCCCCC/C(=N/O)c2cc(Cl)cc(C)c2O)=N\O)c1O. The number of phenolic OH excluding ortho intramolecular Hbond substituents is 2. The molecule has 34 heavy (non-hydrogen) atoms. The van der Waals surface area contributed by atoms with E-state index in [9.17, 15) is 20.6 Å². The maximum atomic E-state index is 10.2. The van der Waals surface area contributed by atoms with Crippen molar-refractivity contribution in [1.29, 1.82) is 0 Å². The third-order valence-corrected chi connectivity index (χ3v) is 6.41. The van der Waals surface area contributed by atoms with Crippen LogP contribution in [0.2, 0.25) is 10.0 Å². The average Bonchev–Trinajstić information content (AvgIpc) is 2.80. The molecular formula is C26H34Cl2N2O4. The normalized spacial score (nSPS) is 12.4. The number of halogens is 2. The minimum absolute atomic E-state index is 0.104. The van der Waals surface area contributed by atoms with Gasteiger partial charge in [0, 0.05) is 21.2 Å². The van der Waals surface area contributed by atoms with E-state index in [0.29, 0.717) is 56.6 Å². The van der Waals surface area contributed by atoms with Gasteiger partial charge in [0.05, 0.1) is 11.4 Å². The third kappa shape index (κ3) is 8.10. The molecule has 0 saturated carbocycles. The second-order valence-corrected chi connectivity index (χ2v) is 9.53. The minimum Gasteiger partial charge on any atom is -0.507 e. The van der Waals surface area contributed by atoms with Gasteiger partial charge in [-0.2, -0.15) is 0 Å². The molecule has 2 aromatic rings. The van der Waals surface area contributed by atoms with Crippen molar-refractivity contribution in [1.82, 2.24) is 0 Å². The van der Waals surface area contributed by atoms with Gasteiger partial charge < -0.3 is 20.6 Å². The first-order valence-electron chi connectivity index (χ1n) is 11.7. The molecule has 0 aliphatic heterocycles. The summed E-state index contributed by atoms with van der Waals surface area (Å²) in [6.07, 6.45) is 9.28. The summed E-state index contributed by atoms with van der Waals surface area (Å²) in [7, 11) is 0. The molecule has 0 aliphatic rings. The monoisotopic (exact) mass is 508 g/mol. The maximum Gasteiger partial charge on any atom is 0.127 e. The molecule has 2 aromatic carbocycles. The summed E-state index contributed by atoms with van der Waals surface area (Å²) < 4.78 is 0. The zero-order valence-electron chi connectivity index (χ0n) is 19.8. The van der Waals surface area contributed by atoms with Crippen LogP contribution in [0.4, 0.5) is 0 Å². The summed E-state index contributed by atoms with van der Waals surface area (Å²) in [4.78, 5) is 0. The van der Waals surface area contributed by atoms with E-state index in [1.165, 1.54) is 0 Å². The van der Waals surface area contributed by atoms with E-state index in [4.69, 9.17) is 23.2 Å². The Morgan fingerprint density at radius 2 is 0.941 bits per heavy atom. The molecule has 0 aliphatic carbocycles. The molecule has 0 fully saturated rings. The molecule has 0 radical (unpaired) electrons. The van der Waals surface area contributed by atoms with E-state index in [-0.39, 0.29) is 11.5 Å². The Bertz CT molecular complexity index is 941. The Balaban J connectivity index is 1.63. The van der Waals surface area contributed by atoms with Crippen LogP contribution in [0.3, 0.4) is 0 Å². The van der Waals surface area contributed by atoms with Gasteiger partial charge in [-0.25, -0.2) is 0 Å². The van der Waals surface area contributed by atoms with Crippen molar-refractivity contribution in [3.63, 3.8) is 0 Å². The third-order valence-electron chi connectivity index (χ3n) is 5.97. The highest BCUT2D eigenvalue weighted by Gasteiger charge is 2.14. The van der Waals surface area contributed by atoms with Crippen LogP contribution in [0, 0.1) is 13.8 Å². The zero-order valence-corrected chi connectivity index (χ0v) is 21.3. The molecule has 6 nitrogen and oxygen atoms in total. The smallest absolute Gasteiger partial charge is 0.127 e. The number of phenols is 2. The summed E-state index contributed by atoms with van der Waals surface area (Å²) in [5, 5.41) is 47.0. The molecule has 0 aromatic heterocycles. The molecule has 2 rings (SSSR count). The predicted molar refractivity (Wildman–Crippen MR) is 139 cm³/mol. The molecule has 0 heterocycles. The van der Waals surface area contributed by atoms with Crippen molar-refractivity contribution < 1.29 is 20.6 Å². The summed E-state index contributed by atoms with van der Waals surface area (Å²) in [5.41, 5.74) is 3.18. The van der Waals surface area contributed by atoms with Gasteiger partial charge in [-0.1, -0.05) is 72.0 Å². The number of unbranched alkanes of at least 4 members (excludes halogenated alkanes) is 7. The fourth-order valence-corrected chi connectivity index (χ4v) is 4.58. The number of aromatic hydroxyl groups is 2. The topological polar surface area (TPSA) is 106 Å². The van der Waals surface area contributed by atoms with Crippen LogP contribution >= 0.6 is 23.2 Å². The van der Waals surface area contributed by atoms with Crippen molar-refractivity contribution in [3.05, 3.63) is 56.6 Å². The van der Waals surface area contributed by atoms with E-state index < -0.39 is 0 Å². The first-order valence-corrected chi connectivity index (χ1v) is 12.4. The standard InChI is InChI=1S/C26H34Cl2N2O4/c1-17-13-19(27)15-21(25(17)31)23(29-33)11-9-7-5-3-4-6-8-10-12-24(30-34)22-16-20(28)14-18(2)26(22)32/h13-16,31-34H,3-12H2,1-2H3/b29-23-,30-24-. The molecule has 4 N–H and O–H groups in total. The number of rotatable bonds is 13. The lowest BCUT2D eigenvalue weighted by Gasteiger charge is -2.10. The van der Waals surface area contributed by atoms with Gasteiger partial charge in [0.25, 0.3) is 0 Å². The highest BCUT2D eigenvalue weighted by molar-refractivity contribution is 6.31. The number of oxime groups is 2. The van der Waals surface area contributed by atoms with Crippen LogP contribution in [0.5, 0.6) is 11.5 Å². The molecular weight excluding hydrogens is 475 g/mol. The van der Waals surface area contributed by atoms with Crippen molar-refractivity contribution in [3.8, 4) is 11.5 Å². The maximum absolute atomic E-state index is 10.2. The Morgan fingerprint density at radius 1 is 0.618 bits per heavy atom. The van der Waals surface area contributed by atoms with E-state index in [1.54, 1.807) is 38.1 Å². The van der Waals surface area contributed by atoms with Gasteiger partial charge in [0.1, 0.15) is 11.5 Å². The van der Waals surface area contributed by atoms with Crippen molar-refractivity contribution >= 4 is 34.6 Å². The van der Waals surface area contributed by atoms with Gasteiger partial charge in [-0.3, -0.25) is 0 Å². The lowest BCUT2D eigenvalue weighted by atomic mass is 9.99. The van der Waals surface area contributed by atoms with E-state index in [1.807, 2.05) is 0 Å². The molecule has 0 saturated heterocycles. The largest absolute Gasteiger partial charge is 0.507 e. The lowest BCUT2D eigenvalue weighted by Crippen LogP contribution is -2.03.